The normalized spacial score (nSPS) is 10.7. The summed E-state index contributed by atoms with van der Waals surface area (Å²) in [4.78, 5) is 0. The number of rotatable bonds is 3. The zero-order chi connectivity index (χ0) is 16.4. The van der Waals surface area contributed by atoms with Crippen molar-refractivity contribution < 1.29 is 0 Å². The second-order valence-electron chi connectivity index (χ2n) is 5.36. The van der Waals surface area contributed by atoms with Gasteiger partial charge in [-0.1, -0.05) is 72.3 Å². The quantitative estimate of drug-likeness (QED) is 0.513. The summed E-state index contributed by atoms with van der Waals surface area (Å²) in [5, 5.41) is 9.52. The molecule has 116 valence electrons. The molecule has 3 nitrogen and oxygen atoms in total. The van der Waals surface area contributed by atoms with E-state index in [1.807, 2.05) is 89.5 Å². The molecular weight excluding hydrogens is 318 g/mol. The first-order valence-electron chi connectivity index (χ1n) is 7.66. The Labute approximate surface area is 145 Å². The molecule has 0 radical (unpaired) electrons. The molecule has 0 unspecified atom stereocenters. The Hall–Kier alpha value is -2.91. The van der Waals surface area contributed by atoms with Gasteiger partial charge in [0.25, 0.3) is 0 Å². The molecule has 1 heterocycles. The van der Waals surface area contributed by atoms with Gasteiger partial charge in [-0.2, -0.15) is 0 Å². The molecule has 4 heteroatoms. The molecule has 0 aliphatic heterocycles. The van der Waals surface area contributed by atoms with Crippen molar-refractivity contribution in [3.05, 3.63) is 90.0 Å². The highest BCUT2D eigenvalue weighted by Crippen LogP contribution is 2.31. The van der Waals surface area contributed by atoms with Gasteiger partial charge < -0.3 is 0 Å². The molecule has 0 bridgehead atoms. The van der Waals surface area contributed by atoms with Crippen LogP contribution >= 0.6 is 11.6 Å². The molecule has 24 heavy (non-hydrogen) atoms. The van der Waals surface area contributed by atoms with Crippen LogP contribution in [0, 0.1) is 0 Å². The van der Waals surface area contributed by atoms with E-state index in [0.717, 1.165) is 28.5 Å². The van der Waals surface area contributed by atoms with Crippen molar-refractivity contribution in [1.82, 2.24) is 14.8 Å². The topological polar surface area (TPSA) is 30.7 Å². The highest BCUT2D eigenvalue weighted by molar-refractivity contribution is 6.33. The highest BCUT2D eigenvalue weighted by atomic mass is 35.5. The van der Waals surface area contributed by atoms with Crippen LogP contribution in [-0.2, 0) is 0 Å². The molecule has 0 aliphatic rings. The van der Waals surface area contributed by atoms with Crippen molar-refractivity contribution in [2.75, 3.05) is 0 Å². The summed E-state index contributed by atoms with van der Waals surface area (Å²) < 4.78 is 2.04. The first kappa shape index (κ1) is 14.7. The lowest BCUT2D eigenvalue weighted by Crippen LogP contribution is -2.00. The maximum atomic E-state index is 6.39. The average Bonchev–Trinajstić information content (AvgIpc) is 3.08. The Bertz CT molecular complexity index is 963. The van der Waals surface area contributed by atoms with Crippen molar-refractivity contribution in [2.45, 2.75) is 0 Å². The molecule has 0 N–H and O–H groups in total. The van der Waals surface area contributed by atoms with Gasteiger partial charge in [-0.15, -0.1) is 10.2 Å². The molecule has 0 atom stereocenters. The van der Waals surface area contributed by atoms with Gasteiger partial charge in [-0.05, 0) is 24.3 Å². The molecule has 4 aromatic rings. The van der Waals surface area contributed by atoms with E-state index in [2.05, 4.69) is 10.2 Å². The SMILES string of the molecule is Clc1ccccc1-c1nnc(-c2ccccc2)n1-c1ccccc1. The van der Waals surface area contributed by atoms with Crippen LogP contribution < -0.4 is 0 Å². The van der Waals surface area contributed by atoms with E-state index in [0.29, 0.717) is 5.02 Å². The molecule has 0 saturated carbocycles. The molecule has 3 aromatic carbocycles. The van der Waals surface area contributed by atoms with Gasteiger partial charge in [0.15, 0.2) is 11.6 Å². The molecule has 1 aromatic heterocycles. The standard InChI is InChI=1S/C20H14ClN3/c21-18-14-8-7-13-17(18)20-23-22-19(15-9-3-1-4-10-15)24(20)16-11-5-2-6-12-16/h1-14H. The van der Waals surface area contributed by atoms with E-state index in [4.69, 9.17) is 11.6 Å². The minimum atomic E-state index is 0.654. The van der Waals surface area contributed by atoms with Crippen LogP contribution in [0.4, 0.5) is 0 Å². The molecule has 0 fully saturated rings. The predicted octanol–water partition coefficient (Wildman–Crippen LogP) is 5.25. The lowest BCUT2D eigenvalue weighted by atomic mass is 10.1. The van der Waals surface area contributed by atoms with Crippen molar-refractivity contribution in [1.29, 1.82) is 0 Å². The van der Waals surface area contributed by atoms with E-state index < -0.39 is 0 Å². The fourth-order valence-electron chi connectivity index (χ4n) is 2.70. The van der Waals surface area contributed by atoms with Gasteiger partial charge in [0, 0.05) is 16.8 Å². The second kappa shape index (κ2) is 6.30. The van der Waals surface area contributed by atoms with Gasteiger partial charge in [0.1, 0.15) is 0 Å². The average molecular weight is 332 g/mol. The second-order valence-corrected chi connectivity index (χ2v) is 5.77. The van der Waals surface area contributed by atoms with Crippen LogP contribution in [-0.4, -0.2) is 14.8 Å². The highest BCUT2D eigenvalue weighted by Gasteiger charge is 2.18. The predicted molar refractivity (Wildman–Crippen MR) is 97.2 cm³/mol. The Balaban J connectivity index is 2.00. The number of hydrogen-bond acceptors (Lipinski definition) is 2. The van der Waals surface area contributed by atoms with Crippen molar-refractivity contribution >= 4 is 11.6 Å². The van der Waals surface area contributed by atoms with Crippen LogP contribution in [0.3, 0.4) is 0 Å². The number of aromatic nitrogens is 3. The Kier molecular flexibility index (Phi) is 3.85. The Morgan fingerprint density at radius 1 is 0.625 bits per heavy atom. The van der Waals surface area contributed by atoms with Gasteiger partial charge in [-0.25, -0.2) is 0 Å². The Morgan fingerprint density at radius 3 is 1.92 bits per heavy atom. The number of benzene rings is 3. The van der Waals surface area contributed by atoms with E-state index in [9.17, 15) is 0 Å². The first-order valence-corrected chi connectivity index (χ1v) is 8.03. The van der Waals surface area contributed by atoms with Gasteiger partial charge >= 0.3 is 0 Å². The van der Waals surface area contributed by atoms with Crippen molar-refractivity contribution in [2.24, 2.45) is 0 Å². The lowest BCUT2D eigenvalue weighted by Gasteiger charge is -2.11. The Morgan fingerprint density at radius 2 is 1.21 bits per heavy atom. The summed E-state index contributed by atoms with van der Waals surface area (Å²) in [5.74, 6) is 1.52. The molecular formula is C20H14ClN3. The van der Waals surface area contributed by atoms with Crippen LogP contribution in [0.25, 0.3) is 28.5 Å². The molecule has 0 amide bonds. The van der Waals surface area contributed by atoms with Gasteiger partial charge in [0.2, 0.25) is 0 Å². The summed E-state index contributed by atoms with van der Waals surface area (Å²) in [6.07, 6.45) is 0. The van der Waals surface area contributed by atoms with Crippen LogP contribution in [0.5, 0.6) is 0 Å². The van der Waals surface area contributed by atoms with E-state index in [1.54, 1.807) is 0 Å². The fraction of sp³-hybridized carbons (Fsp3) is 0. The monoisotopic (exact) mass is 331 g/mol. The third kappa shape index (κ3) is 2.59. The first-order chi connectivity index (χ1) is 11.8. The number of nitrogens with zero attached hydrogens (tertiary/aromatic N) is 3. The molecule has 0 saturated heterocycles. The van der Waals surface area contributed by atoms with Crippen molar-refractivity contribution in [3.63, 3.8) is 0 Å². The third-order valence-electron chi connectivity index (χ3n) is 3.82. The summed E-state index contributed by atoms with van der Waals surface area (Å²) in [6.45, 7) is 0. The van der Waals surface area contributed by atoms with E-state index in [-0.39, 0.29) is 0 Å². The largest absolute Gasteiger partial charge is 0.275 e. The van der Waals surface area contributed by atoms with Crippen LogP contribution in [0.2, 0.25) is 5.02 Å². The summed E-state index contributed by atoms with van der Waals surface area (Å²) in [7, 11) is 0. The smallest absolute Gasteiger partial charge is 0.170 e. The summed E-state index contributed by atoms with van der Waals surface area (Å²) >= 11 is 6.39. The lowest BCUT2D eigenvalue weighted by molar-refractivity contribution is 1.07. The van der Waals surface area contributed by atoms with Gasteiger partial charge in [-0.3, -0.25) is 4.57 Å². The molecule has 0 spiro atoms. The van der Waals surface area contributed by atoms with Crippen LogP contribution in [0.1, 0.15) is 0 Å². The zero-order valence-electron chi connectivity index (χ0n) is 12.8. The van der Waals surface area contributed by atoms with Crippen molar-refractivity contribution in [3.8, 4) is 28.5 Å². The number of halogens is 1. The fourth-order valence-corrected chi connectivity index (χ4v) is 2.92. The number of para-hydroxylation sites is 1. The van der Waals surface area contributed by atoms with E-state index in [1.165, 1.54) is 0 Å². The zero-order valence-corrected chi connectivity index (χ0v) is 13.6. The number of hydrogen-bond donors (Lipinski definition) is 0. The minimum Gasteiger partial charge on any atom is -0.275 e. The minimum absolute atomic E-state index is 0.654. The third-order valence-corrected chi connectivity index (χ3v) is 4.15. The summed E-state index contributed by atoms with van der Waals surface area (Å²) in [6, 6.07) is 27.8. The van der Waals surface area contributed by atoms with E-state index >= 15 is 0 Å². The molecule has 0 aliphatic carbocycles. The van der Waals surface area contributed by atoms with Gasteiger partial charge in [0.05, 0.1) is 5.02 Å². The maximum Gasteiger partial charge on any atom is 0.170 e. The summed E-state index contributed by atoms with van der Waals surface area (Å²) in [5.41, 5.74) is 2.86. The molecule has 4 rings (SSSR count). The maximum absolute atomic E-state index is 6.39. The van der Waals surface area contributed by atoms with Crippen LogP contribution in [0.15, 0.2) is 84.9 Å².